The van der Waals surface area contributed by atoms with Crippen molar-refractivity contribution in [1.82, 2.24) is 0 Å². The molecular formula is C18H22Cl2O2. The van der Waals surface area contributed by atoms with Crippen LogP contribution in [0.3, 0.4) is 0 Å². The Hall–Kier alpha value is -0.730. The number of hydrogen-bond acceptors (Lipinski definition) is 2. The molecule has 0 aliphatic heterocycles. The van der Waals surface area contributed by atoms with Crippen molar-refractivity contribution in [2.24, 2.45) is 11.3 Å². The number of phenolic OH excluding ortho intramolecular Hbond substituents is 1. The van der Waals surface area contributed by atoms with E-state index in [9.17, 15) is 9.90 Å². The second kappa shape index (κ2) is 6.05. The van der Waals surface area contributed by atoms with Crippen LogP contribution in [0, 0.1) is 11.3 Å². The fourth-order valence-corrected chi connectivity index (χ4v) is 4.88. The molecule has 0 heterocycles. The number of carbonyl (C=O) groups excluding carboxylic acids is 1. The molecule has 0 amide bonds. The number of benzene rings is 1. The summed E-state index contributed by atoms with van der Waals surface area (Å²) in [5.74, 6) is 0.585. The lowest BCUT2D eigenvalue weighted by Gasteiger charge is -2.34. The molecule has 0 bridgehead atoms. The number of carbonyl (C=O) groups is 1. The zero-order chi connectivity index (χ0) is 15.9. The van der Waals surface area contributed by atoms with E-state index in [-0.39, 0.29) is 27.0 Å². The molecule has 1 aromatic rings. The highest BCUT2D eigenvalue weighted by Crippen LogP contribution is 2.54. The molecule has 120 valence electrons. The van der Waals surface area contributed by atoms with Gasteiger partial charge in [0.25, 0.3) is 0 Å². The van der Waals surface area contributed by atoms with E-state index in [2.05, 4.69) is 6.92 Å². The largest absolute Gasteiger partial charge is 0.506 e. The number of rotatable bonds is 4. The number of aromatic hydroxyl groups is 1. The normalized spacial score (nSPS) is 25.0. The molecule has 0 radical (unpaired) electrons. The second-order valence-corrected chi connectivity index (χ2v) is 7.56. The predicted molar refractivity (Wildman–Crippen MR) is 90.1 cm³/mol. The molecule has 4 heteroatoms. The Balaban J connectivity index is 2.06. The summed E-state index contributed by atoms with van der Waals surface area (Å²) >= 11 is 12.3. The molecule has 1 unspecified atom stereocenters. The molecule has 0 aromatic heterocycles. The Bertz CT molecular complexity index is 606. The quantitative estimate of drug-likeness (QED) is 0.751. The zero-order valence-corrected chi connectivity index (χ0v) is 14.4. The van der Waals surface area contributed by atoms with E-state index in [1.165, 1.54) is 12.8 Å². The maximum Gasteiger partial charge on any atom is 0.171 e. The fourth-order valence-electron chi connectivity index (χ4n) is 4.42. The molecule has 1 fully saturated rings. The first-order chi connectivity index (χ1) is 10.5. The van der Waals surface area contributed by atoms with Gasteiger partial charge in [-0.1, -0.05) is 55.8 Å². The van der Waals surface area contributed by atoms with Crippen molar-refractivity contribution in [2.45, 2.75) is 58.3 Å². The Morgan fingerprint density at radius 1 is 1.27 bits per heavy atom. The van der Waals surface area contributed by atoms with E-state index in [0.29, 0.717) is 17.9 Å². The number of ketones is 1. The van der Waals surface area contributed by atoms with Crippen LogP contribution in [0.2, 0.25) is 10.0 Å². The molecule has 1 N–H and O–H groups in total. The first kappa shape index (κ1) is 16.1. The number of Topliss-reactive ketones (excluding diaryl/α,β-unsaturated/α-hetero) is 1. The van der Waals surface area contributed by atoms with Crippen molar-refractivity contribution in [1.29, 1.82) is 0 Å². The molecule has 1 saturated carbocycles. The minimum Gasteiger partial charge on any atom is -0.506 e. The van der Waals surface area contributed by atoms with Crippen molar-refractivity contribution in [2.75, 3.05) is 0 Å². The van der Waals surface area contributed by atoms with Gasteiger partial charge in [0.05, 0.1) is 5.02 Å². The minimum atomic E-state index is -0.324. The summed E-state index contributed by atoms with van der Waals surface area (Å²) in [5, 5.41) is 10.3. The summed E-state index contributed by atoms with van der Waals surface area (Å²) < 4.78 is 0. The van der Waals surface area contributed by atoms with Crippen molar-refractivity contribution in [3.05, 3.63) is 27.2 Å². The molecule has 2 nitrogen and oxygen atoms in total. The van der Waals surface area contributed by atoms with Crippen LogP contribution >= 0.6 is 23.2 Å². The van der Waals surface area contributed by atoms with Crippen molar-refractivity contribution in [3.8, 4) is 5.75 Å². The summed E-state index contributed by atoms with van der Waals surface area (Å²) in [5.41, 5.74) is 1.11. The number of phenols is 1. The number of fused-ring (bicyclic) bond motifs is 1. The van der Waals surface area contributed by atoms with Gasteiger partial charge in [0.15, 0.2) is 5.78 Å². The summed E-state index contributed by atoms with van der Waals surface area (Å²) in [6.45, 7) is 2.16. The first-order valence-electron chi connectivity index (χ1n) is 8.26. The Labute approximate surface area is 141 Å². The van der Waals surface area contributed by atoms with Crippen molar-refractivity contribution < 1.29 is 9.90 Å². The van der Waals surface area contributed by atoms with E-state index >= 15 is 0 Å². The van der Waals surface area contributed by atoms with E-state index < -0.39 is 0 Å². The molecule has 22 heavy (non-hydrogen) atoms. The maximum absolute atomic E-state index is 13.3. The third kappa shape index (κ3) is 2.35. The first-order valence-corrected chi connectivity index (χ1v) is 9.01. The van der Waals surface area contributed by atoms with Gasteiger partial charge < -0.3 is 5.11 Å². The molecule has 2 aliphatic carbocycles. The van der Waals surface area contributed by atoms with Gasteiger partial charge in [-0.2, -0.15) is 0 Å². The van der Waals surface area contributed by atoms with E-state index in [0.717, 1.165) is 37.7 Å². The van der Waals surface area contributed by atoms with Gasteiger partial charge in [-0.25, -0.2) is 0 Å². The van der Waals surface area contributed by atoms with Gasteiger partial charge in [0.2, 0.25) is 0 Å². The van der Waals surface area contributed by atoms with Crippen LogP contribution in [0.5, 0.6) is 5.75 Å². The second-order valence-electron chi connectivity index (χ2n) is 6.80. The standard InChI is InChI=1S/C18H22Cl2O2/c1-2-3-8-18(12-6-4-5-7-12)10-11-9-13(21)15(19)16(20)14(11)17(18)22/h9,12,21H,2-8,10H2,1H3. The van der Waals surface area contributed by atoms with Crippen LogP contribution in [0.4, 0.5) is 0 Å². The SMILES string of the molecule is CCCCC1(C2CCCC2)Cc2cc(O)c(Cl)c(Cl)c2C1=O. The number of halogens is 2. The van der Waals surface area contributed by atoms with Gasteiger partial charge in [0, 0.05) is 11.0 Å². The zero-order valence-electron chi connectivity index (χ0n) is 12.9. The van der Waals surface area contributed by atoms with Crippen LogP contribution in [0.15, 0.2) is 6.07 Å². The molecule has 0 spiro atoms. The summed E-state index contributed by atoms with van der Waals surface area (Å²) in [6, 6.07) is 1.64. The molecule has 3 rings (SSSR count). The molecule has 0 saturated heterocycles. The highest BCUT2D eigenvalue weighted by Gasteiger charge is 2.51. The smallest absolute Gasteiger partial charge is 0.171 e. The average Bonchev–Trinajstić information content (AvgIpc) is 3.11. The third-order valence-electron chi connectivity index (χ3n) is 5.57. The van der Waals surface area contributed by atoms with Crippen LogP contribution < -0.4 is 0 Å². The third-order valence-corrected chi connectivity index (χ3v) is 6.42. The van der Waals surface area contributed by atoms with Gasteiger partial charge in [0.1, 0.15) is 10.8 Å². The fraction of sp³-hybridized carbons (Fsp3) is 0.611. The predicted octanol–water partition coefficient (Wildman–Crippen LogP) is 5.80. The summed E-state index contributed by atoms with van der Waals surface area (Å²) in [6.07, 6.45) is 8.42. The molecule has 2 aliphatic rings. The number of unbranched alkanes of at least 4 members (excludes halogenated alkanes) is 1. The average molecular weight is 341 g/mol. The Morgan fingerprint density at radius 3 is 2.59 bits per heavy atom. The van der Waals surface area contributed by atoms with Crippen LogP contribution in [-0.4, -0.2) is 10.9 Å². The van der Waals surface area contributed by atoms with Gasteiger partial charge in [-0.15, -0.1) is 0 Å². The summed E-state index contributed by atoms with van der Waals surface area (Å²) in [7, 11) is 0. The Kier molecular flexibility index (Phi) is 4.44. The highest BCUT2D eigenvalue weighted by molar-refractivity contribution is 6.45. The lowest BCUT2D eigenvalue weighted by Crippen LogP contribution is -2.35. The van der Waals surface area contributed by atoms with Crippen molar-refractivity contribution in [3.63, 3.8) is 0 Å². The van der Waals surface area contributed by atoms with Gasteiger partial charge in [-0.05, 0) is 43.2 Å². The van der Waals surface area contributed by atoms with Gasteiger partial charge in [-0.3, -0.25) is 4.79 Å². The van der Waals surface area contributed by atoms with Crippen LogP contribution in [-0.2, 0) is 6.42 Å². The topological polar surface area (TPSA) is 37.3 Å². The lowest BCUT2D eigenvalue weighted by molar-refractivity contribution is 0.0671. The number of hydrogen-bond donors (Lipinski definition) is 1. The molecule has 1 aromatic carbocycles. The van der Waals surface area contributed by atoms with Crippen molar-refractivity contribution >= 4 is 29.0 Å². The van der Waals surface area contributed by atoms with E-state index in [4.69, 9.17) is 23.2 Å². The monoisotopic (exact) mass is 340 g/mol. The highest BCUT2D eigenvalue weighted by atomic mass is 35.5. The maximum atomic E-state index is 13.3. The van der Waals surface area contributed by atoms with Crippen LogP contribution in [0.1, 0.15) is 67.8 Å². The Morgan fingerprint density at radius 2 is 1.95 bits per heavy atom. The molecule has 1 atom stereocenters. The minimum absolute atomic E-state index is 0.0177. The van der Waals surface area contributed by atoms with Crippen LogP contribution in [0.25, 0.3) is 0 Å². The summed E-state index contributed by atoms with van der Waals surface area (Å²) in [4.78, 5) is 13.3. The van der Waals surface area contributed by atoms with E-state index in [1.54, 1.807) is 6.07 Å². The molecular weight excluding hydrogens is 319 g/mol. The van der Waals surface area contributed by atoms with E-state index in [1.807, 2.05) is 0 Å². The van der Waals surface area contributed by atoms with Gasteiger partial charge >= 0.3 is 0 Å². The lowest BCUT2D eigenvalue weighted by atomic mass is 9.68.